The van der Waals surface area contributed by atoms with Crippen LogP contribution in [-0.2, 0) is 0 Å². The summed E-state index contributed by atoms with van der Waals surface area (Å²) >= 11 is 0. The number of nitriles is 1. The van der Waals surface area contributed by atoms with Crippen molar-refractivity contribution >= 4 is 5.69 Å². The fourth-order valence-corrected chi connectivity index (χ4v) is 1.97. The number of anilines is 1. The molecule has 0 amide bonds. The van der Waals surface area contributed by atoms with E-state index in [0.29, 0.717) is 6.61 Å². The number of ether oxygens (including phenoxy) is 1. The minimum absolute atomic E-state index is 0.657. The molecular formula is C17H18N2O. The highest BCUT2D eigenvalue weighted by Gasteiger charge is 2.03. The zero-order chi connectivity index (χ0) is 14.2. The number of para-hydroxylation sites is 1. The molecule has 0 bridgehead atoms. The van der Waals surface area contributed by atoms with Gasteiger partial charge in [0.15, 0.2) is 0 Å². The Bertz CT molecular complexity index is 588. The SMILES string of the molecule is Cc1cccc(NCCCOc2ccccc2)c1C#N. The maximum atomic E-state index is 9.14. The second-order valence-electron chi connectivity index (χ2n) is 4.55. The number of aryl methyl sites for hydroxylation is 1. The summed E-state index contributed by atoms with van der Waals surface area (Å²) in [6, 6.07) is 17.9. The van der Waals surface area contributed by atoms with Crippen LogP contribution in [0.5, 0.6) is 5.75 Å². The van der Waals surface area contributed by atoms with Crippen molar-refractivity contribution in [3.8, 4) is 11.8 Å². The molecule has 1 N–H and O–H groups in total. The van der Waals surface area contributed by atoms with E-state index in [4.69, 9.17) is 10.00 Å². The number of benzene rings is 2. The maximum absolute atomic E-state index is 9.14. The van der Waals surface area contributed by atoms with E-state index in [1.54, 1.807) is 0 Å². The Kier molecular flexibility index (Phi) is 5.02. The molecule has 3 nitrogen and oxygen atoms in total. The van der Waals surface area contributed by atoms with Crippen molar-refractivity contribution in [2.45, 2.75) is 13.3 Å². The summed E-state index contributed by atoms with van der Waals surface area (Å²) in [5.74, 6) is 0.890. The molecule has 0 aliphatic carbocycles. The molecule has 0 heterocycles. The van der Waals surface area contributed by atoms with Gasteiger partial charge in [0, 0.05) is 6.54 Å². The third-order valence-electron chi connectivity index (χ3n) is 3.03. The Hall–Kier alpha value is -2.47. The van der Waals surface area contributed by atoms with Gasteiger partial charge in [-0.05, 0) is 37.1 Å². The lowest BCUT2D eigenvalue weighted by Crippen LogP contribution is -2.08. The molecule has 0 fully saturated rings. The molecule has 102 valence electrons. The van der Waals surface area contributed by atoms with Crippen LogP contribution >= 0.6 is 0 Å². The lowest BCUT2D eigenvalue weighted by molar-refractivity contribution is 0.315. The van der Waals surface area contributed by atoms with Crippen LogP contribution in [0.1, 0.15) is 17.5 Å². The molecule has 0 radical (unpaired) electrons. The molecular weight excluding hydrogens is 248 g/mol. The lowest BCUT2D eigenvalue weighted by Gasteiger charge is -2.10. The van der Waals surface area contributed by atoms with E-state index >= 15 is 0 Å². The van der Waals surface area contributed by atoms with Crippen molar-refractivity contribution in [1.29, 1.82) is 5.26 Å². The summed E-state index contributed by atoms with van der Waals surface area (Å²) < 4.78 is 5.62. The summed E-state index contributed by atoms with van der Waals surface area (Å²) in [4.78, 5) is 0. The molecule has 0 aliphatic heterocycles. The summed E-state index contributed by atoms with van der Waals surface area (Å²) in [5.41, 5.74) is 2.61. The van der Waals surface area contributed by atoms with Crippen molar-refractivity contribution in [3.05, 3.63) is 59.7 Å². The zero-order valence-corrected chi connectivity index (χ0v) is 11.6. The highest BCUT2D eigenvalue weighted by molar-refractivity contribution is 5.60. The van der Waals surface area contributed by atoms with Crippen LogP contribution < -0.4 is 10.1 Å². The Morgan fingerprint density at radius 1 is 1.10 bits per heavy atom. The van der Waals surface area contributed by atoms with E-state index in [0.717, 1.165) is 35.5 Å². The van der Waals surface area contributed by atoms with Gasteiger partial charge < -0.3 is 10.1 Å². The van der Waals surface area contributed by atoms with Crippen molar-refractivity contribution in [2.24, 2.45) is 0 Å². The van der Waals surface area contributed by atoms with Crippen molar-refractivity contribution in [1.82, 2.24) is 0 Å². The molecule has 2 aromatic rings. The minimum atomic E-state index is 0.657. The zero-order valence-electron chi connectivity index (χ0n) is 11.6. The highest BCUT2D eigenvalue weighted by Crippen LogP contribution is 2.18. The van der Waals surface area contributed by atoms with Crippen LogP contribution in [0.25, 0.3) is 0 Å². The van der Waals surface area contributed by atoms with Gasteiger partial charge in [-0.2, -0.15) is 5.26 Å². The molecule has 20 heavy (non-hydrogen) atoms. The molecule has 0 atom stereocenters. The van der Waals surface area contributed by atoms with Crippen LogP contribution in [0.15, 0.2) is 48.5 Å². The molecule has 2 rings (SSSR count). The third kappa shape index (κ3) is 3.76. The van der Waals surface area contributed by atoms with Crippen molar-refractivity contribution in [2.75, 3.05) is 18.5 Å². The van der Waals surface area contributed by atoms with Gasteiger partial charge in [-0.15, -0.1) is 0 Å². The van der Waals surface area contributed by atoms with Gasteiger partial charge in [0.1, 0.15) is 11.8 Å². The summed E-state index contributed by atoms with van der Waals surface area (Å²) in [5, 5.41) is 12.4. The molecule has 0 aromatic heterocycles. The van der Waals surface area contributed by atoms with E-state index in [1.165, 1.54) is 0 Å². The molecule has 0 saturated carbocycles. The van der Waals surface area contributed by atoms with E-state index in [9.17, 15) is 0 Å². The Labute approximate surface area is 119 Å². The Morgan fingerprint density at radius 2 is 1.90 bits per heavy atom. The number of rotatable bonds is 6. The first-order valence-corrected chi connectivity index (χ1v) is 6.72. The topological polar surface area (TPSA) is 45.0 Å². The van der Waals surface area contributed by atoms with Crippen LogP contribution in [0.4, 0.5) is 5.69 Å². The average Bonchev–Trinajstić information content (AvgIpc) is 2.48. The second kappa shape index (κ2) is 7.20. The van der Waals surface area contributed by atoms with Crippen molar-refractivity contribution < 1.29 is 4.74 Å². The molecule has 0 saturated heterocycles. The van der Waals surface area contributed by atoms with E-state index < -0.39 is 0 Å². The van der Waals surface area contributed by atoms with E-state index in [-0.39, 0.29) is 0 Å². The quantitative estimate of drug-likeness (QED) is 0.810. The van der Waals surface area contributed by atoms with Gasteiger partial charge in [-0.25, -0.2) is 0 Å². The molecule has 0 unspecified atom stereocenters. The maximum Gasteiger partial charge on any atom is 0.119 e. The van der Waals surface area contributed by atoms with Gasteiger partial charge in [0.05, 0.1) is 17.9 Å². The summed E-state index contributed by atoms with van der Waals surface area (Å²) in [6.07, 6.45) is 0.883. The standard InChI is InChI=1S/C17H18N2O/c1-14-7-5-10-17(16(14)13-18)19-11-6-12-20-15-8-3-2-4-9-15/h2-5,7-10,19H,6,11-12H2,1H3. The van der Waals surface area contributed by atoms with Gasteiger partial charge in [0.2, 0.25) is 0 Å². The first-order chi connectivity index (χ1) is 9.81. The fourth-order valence-electron chi connectivity index (χ4n) is 1.97. The summed E-state index contributed by atoms with van der Waals surface area (Å²) in [7, 11) is 0. The third-order valence-corrected chi connectivity index (χ3v) is 3.03. The van der Waals surface area contributed by atoms with Gasteiger partial charge in [-0.3, -0.25) is 0 Å². The number of hydrogen-bond acceptors (Lipinski definition) is 3. The van der Waals surface area contributed by atoms with Crippen LogP contribution in [-0.4, -0.2) is 13.2 Å². The number of nitrogens with zero attached hydrogens (tertiary/aromatic N) is 1. The minimum Gasteiger partial charge on any atom is -0.494 e. The normalized spacial score (nSPS) is 9.80. The van der Waals surface area contributed by atoms with E-state index in [1.807, 2.05) is 55.5 Å². The van der Waals surface area contributed by atoms with E-state index in [2.05, 4.69) is 11.4 Å². The van der Waals surface area contributed by atoms with Crippen LogP contribution in [0.2, 0.25) is 0 Å². The molecule has 0 aliphatic rings. The number of hydrogen-bond donors (Lipinski definition) is 1. The summed E-state index contributed by atoms with van der Waals surface area (Å²) in [6.45, 7) is 3.39. The van der Waals surface area contributed by atoms with Gasteiger partial charge in [-0.1, -0.05) is 30.3 Å². The predicted octanol–water partition coefficient (Wildman–Crippen LogP) is 3.75. The lowest BCUT2D eigenvalue weighted by atomic mass is 10.1. The first-order valence-electron chi connectivity index (χ1n) is 6.72. The molecule has 0 spiro atoms. The number of nitrogens with one attached hydrogen (secondary N) is 1. The van der Waals surface area contributed by atoms with Crippen molar-refractivity contribution in [3.63, 3.8) is 0 Å². The van der Waals surface area contributed by atoms with Crippen LogP contribution in [0.3, 0.4) is 0 Å². The largest absolute Gasteiger partial charge is 0.494 e. The Morgan fingerprint density at radius 3 is 2.65 bits per heavy atom. The smallest absolute Gasteiger partial charge is 0.119 e. The molecule has 3 heteroatoms. The van der Waals surface area contributed by atoms with Gasteiger partial charge >= 0.3 is 0 Å². The predicted molar refractivity (Wildman–Crippen MR) is 80.9 cm³/mol. The first kappa shape index (κ1) is 14.0. The highest BCUT2D eigenvalue weighted by atomic mass is 16.5. The molecule has 2 aromatic carbocycles. The van der Waals surface area contributed by atoms with Crippen LogP contribution in [0, 0.1) is 18.3 Å². The fraction of sp³-hybridized carbons (Fsp3) is 0.235. The monoisotopic (exact) mass is 266 g/mol. The average molecular weight is 266 g/mol. The Balaban J connectivity index is 1.77. The van der Waals surface area contributed by atoms with Gasteiger partial charge in [0.25, 0.3) is 0 Å². The second-order valence-corrected chi connectivity index (χ2v) is 4.55.